The normalized spacial score (nSPS) is 17.5. The van der Waals surface area contributed by atoms with Crippen molar-refractivity contribution >= 4 is 22.6 Å². The van der Waals surface area contributed by atoms with E-state index in [0.29, 0.717) is 28.0 Å². The SMILES string of the molecule is Cn1c(=O)c(C2=NC(=N)N(C#N)[C@H](c3ccc4c(c3)OCO4)C2)c(O)c2ccccc21. The molecule has 0 bridgehead atoms. The lowest BCUT2D eigenvalue weighted by atomic mass is 9.93. The molecule has 2 aliphatic rings. The molecule has 5 rings (SSSR count). The van der Waals surface area contributed by atoms with Gasteiger partial charge in [-0.25, -0.2) is 9.89 Å². The molecule has 0 spiro atoms. The number of hydrogen-bond acceptors (Lipinski definition) is 6. The van der Waals surface area contributed by atoms with E-state index in [1.54, 1.807) is 49.5 Å². The van der Waals surface area contributed by atoms with Crippen molar-refractivity contribution < 1.29 is 14.6 Å². The standard InChI is InChI=1S/C22H17N5O4/c1-26-15-5-3-2-4-13(15)20(28)19(21(26)29)14-9-16(27(10-23)22(24)25-14)12-6-7-17-18(8-12)31-11-30-17/h2-8,16,24,28H,9,11H2,1H3/t16-/m0/s1. The predicted octanol–water partition coefficient (Wildman–Crippen LogP) is 2.62. The molecule has 0 aliphatic carbocycles. The lowest BCUT2D eigenvalue weighted by molar-refractivity contribution is 0.174. The minimum atomic E-state index is -0.588. The molecule has 1 aromatic heterocycles. The number of aromatic hydroxyl groups is 1. The first kappa shape index (κ1) is 18.7. The Kier molecular flexibility index (Phi) is 4.15. The van der Waals surface area contributed by atoms with Crippen LogP contribution in [0.3, 0.4) is 0 Å². The van der Waals surface area contributed by atoms with E-state index in [9.17, 15) is 15.2 Å². The highest BCUT2D eigenvalue weighted by Crippen LogP contribution is 2.38. The number of pyridine rings is 1. The highest BCUT2D eigenvalue weighted by Gasteiger charge is 2.33. The van der Waals surface area contributed by atoms with Gasteiger partial charge in [-0.3, -0.25) is 10.2 Å². The second-order valence-corrected chi connectivity index (χ2v) is 7.29. The number of fused-ring (bicyclic) bond motifs is 2. The van der Waals surface area contributed by atoms with Gasteiger partial charge in [-0.2, -0.15) is 5.26 Å². The molecule has 0 radical (unpaired) electrons. The van der Waals surface area contributed by atoms with Gasteiger partial charge in [0.15, 0.2) is 17.7 Å². The van der Waals surface area contributed by atoms with Crippen LogP contribution < -0.4 is 15.0 Å². The maximum absolute atomic E-state index is 13.1. The average Bonchev–Trinajstić information content (AvgIpc) is 3.25. The van der Waals surface area contributed by atoms with Crippen LogP contribution in [0.5, 0.6) is 17.2 Å². The van der Waals surface area contributed by atoms with Gasteiger partial charge in [-0.1, -0.05) is 18.2 Å². The Morgan fingerprint density at radius 2 is 2.00 bits per heavy atom. The summed E-state index contributed by atoms with van der Waals surface area (Å²) in [5, 5.41) is 29.3. The molecule has 9 nitrogen and oxygen atoms in total. The van der Waals surface area contributed by atoms with Gasteiger partial charge in [0.2, 0.25) is 12.8 Å². The first-order valence-electron chi connectivity index (χ1n) is 9.55. The molecular formula is C22H17N5O4. The topological polar surface area (TPSA) is 124 Å². The van der Waals surface area contributed by atoms with Crippen LogP contribution in [0.25, 0.3) is 10.9 Å². The van der Waals surface area contributed by atoms with Crippen molar-refractivity contribution in [2.24, 2.45) is 12.0 Å². The van der Waals surface area contributed by atoms with Crippen LogP contribution in [0.15, 0.2) is 52.3 Å². The number of hydrogen-bond donors (Lipinski definition) is 2. The van der Waals surface area contributed by atoms with E-state index in [1.807, 2.05) is 6.19 Å². The van der Waals surface area contributed by atoms with Gasteiger partial charge < -0.3 is 19.1 Å². The van der Waals surface area contributed by atoms with E-state index in [0.717, 1.165) is 0 Å². The number of aryl methyl sites for hydroxylation is 1. The van der Waals surface area contributed by atoms with E-state index >= 15 is 0 Å². The van der Waals surface area contributed by atoms with Crippen LogP contribution in [0, 0.1) is 16.9 Å². The molecule has 154 valence electrons. The molecular weight excluding hydrogens is 398 g/mol. The van der Waals surface area contributed by atoms with E-state index < -0.39 is 11.6 Å². The Morgan fingerprint density at radius 3 is 2.81 bits per heavy atom. The Morgan fingerprint density at radius 1 is 1.23 bits per heavy atom. The zero-order valence-electron chi connectivity index (χ0n) is 16.5. The number of aliphatic imine (C=N–C) groups is 1. The fourth-order valence-corrected chi connectivity index (χ4v) is 4.05. The lowest BCUT2D eigenvalue weighted by Crippen LogP contribution is -2.37. The number of rotatable bonds is 2. The summed E-state index contributed by atoms with van der Waals surface area (Å²) in [6.07, 6.45) is 2.15. The van der Waals surface area contributed by atoms with Crippen LogP contribution in [-0.2, 0) is 7.05 Å². The van der Waals surface area contributed by atoms with Crippen molar-refractivity contribution in [3.05, 3.63) is 63.9 Å². The first-order valence-corrected chi connectivity index (χ1v) is 9.55. The Bertz CT molecular complexity index is 1390. The van der Waals surface area contributed by atoms with Crippen molar-refractivity contribution in [1.82, 2.24) is 9.47 Å². The molecule has 2 aromatic carbocycles. The van der Waals surface area contributed by atoms with Gasteiger partial charge >= 0.3 is 0 Å². The van der Waals surface area contributed by atoms with Crippen LogP contribution in [0.4, 0.5) is 0 Å². The number of ether oxygens (including phenoxy) is 2. The zero-order valence-corrected chi connectivity index (χ0v) is 16.5. The van der Waals surface area contributed by atoms with Gasteiger partial charge in [0.25, 0.3) is 5.56 Å². The van der Waals surface area contributed by atoms with Crippen molar-refractivity contribution in [2.75, 3.05) is 6.79 Å². The molecule has 0 unspecified atom stereocenters. The van der Waals surface area contributed by atoms with Crippen LogP contribution >= 0.6 is 0 Å². The largest absolute Gasteiger partial charge is 0.506 e. The molecule has 0 fully saturated rings. The monoisotopic (exact) mass is 415 g/mol. The first-order chi connectivity index (χ1) is 15.0. The highest BCUT2D eigenvalue weighted by atomic mass is 16.7. The maximum Gasteiger partial charge on any atom is 0.263 e. The van der Waals surface area contributed by atoms with Gasteiger partial charge in [-0.15, -0.1) is 0 Å². The fraction of sp³-hybridized carbons (Fsp3) is 0.182. The van der Waals surface area contributed by atoms with Gasteiger partial charge in [0, 0.05) is 18.9 Å². The summed E-state index contributed by atoms with van der Waals surface area (Å²) in [6, 6.07) is 11.7. The summed E-state index contributed by atoms with van der Waals surface area (Å²) in [5.74, 6) is 0.671. The maximum atomic E-state index is 13.1. The molecule has 0 amide bonds. The number of guanidine groups is 1. The third-order valence-corrected chi connectivity index (χ3v) is 5.62. The number of nitriles is 1. The summed E-state index contributed by atoms with van der Waals surface area (Å²) in [4.78, 5) is 18.5. The number of nitrogens with zero attached hydrogens (tertiary/aromatic N) is 4. The molecule has 0 saturated heterocycles. The van der Waals surface area contributed by atoms with Gasteiger partial charge in [0.05, 0.1) is 17.3 Å². The van der Waals surface area contributed by atoms with Gasteiger partial charge in [0.1, 0.15) is 11.3 Å². The Balaban J connectivity index is 1.65. The lowest BCUT2D eigenvalue weighted by Gasteiger charge is -2.30. The summed E-state index contributed by atoms with van der Waals surface area (Å²) >= 11 is 0. The summed E-state index contributed by atoms with van der Waals surface area (Å²) < 4.78 is 12.2. The van der Waals surface area contributed by atoms with Crippen LogP contribution in [-0.4, -0.2) is 33.0 Å². The minimum Gasteiger partial charge on any atom is -0.506 e. The third kappa shape index (κ3) is 2.80. The van der Waals surface area contributed by atoms with E-state index in [-0.39, 0.29) is 36.2 Å². The number of nitrogens with one attached hydrogen (secondary N) is 1. The second-order valence-electron chi connectivity index (χ2n) is 7.29. The number of para-hydroxylation sites is 1. The average molecular weight is 415 g/mol. The Hall–Kier alpha value is -4.32. The summed E-state index contributed by atoms with van der Waals surface area (Å²) in [7, 11) is 1.62. The fourth-order valence-electron chi connectivity index (χ4n) is 4.05. The molecule has 0 saturated carbocycles. The zero-order chi connectivity index (χ0) is 21.7. The van der Waals surface area contributed by atoms with E-state index in [4.69, 9.17) is 14.9 Å². The van der Waals surface area contributed by atoms with Crippen LogP contribution in [0.1, 0.15) is 23.6 Å². The van der Waals surface area contributed by atoms with Gasteiger partial charge in [-0.05, 0) is 29.8 Å². The molecule has 9 heteroatoms. The van der Waals surface area contributed by atoms with Crippen molar-refractivity contribution in [3.63, 3.8) is 0 Å². The van der Waals surface area contributed by atoms with Crippen molar-refractivity contribution in [2.45, 2.75) is 12.5 Å². The number of benzene rings is 2. The quantitative estimate of drug-likeness (QED) is 0.620. The third-order valence-electron chi connectivity index (χ3n) is 5.62. The minimum absolute atomic E-state index is 0.0364. The highest BCUT2D eigenvalue weighted by molar-refractivity contribution is 6.12. The smallest absolute Gasteiger partial charge is 0.263 e. The molecule has 3 aromatic rings. The van der Waals surface area contributed by atoms with E-state index in [2.05, 4.69) is 4.99 Å². The molecule has 31 heavy (non-hydrogen) atoms. The van der Waals surface area contributed by atoms with Crippen LogP contribution in [0.2, 0.25) is 0 Å². The molecule has 1 atom stereocenters. The number of aromatic nitrogens is 1. The second kappa shape index (κ2) is 6.88. The molecule has 3 heterocycles. The van der Waals surface area contributed by atoms with Crippen molar-refractivity contribution in [1.29, 1.82) is 10.7 Å². The summed E-state index contributed by atoms with van der Waals surface area (Å²) in [6.45, 7) is 0.120. The van der Waals surface area contributed by atoms with E-state index in [1.165, 1.54) is 9.47 Å². The van der Waals surface area contributed by atoms with Crippen molar-refractivity contribution in [3.8, 4) is 23.4 Å². The molecule has 2 aliphatic heterocycles. The molecule has 2 N–H and O–H groups in total. The predicted molar refractivity (Wildman–Crippen MR) is 112 cm³/mol. The summed E-state index contributed by atoms with van der Waals surface area (Å²) in [5.41, 5.74) is 1.17. The Labute approximate surface area is 176 Å².